The van der Waals surface area contributed by atoms with Gasteiger partial charge >= 0.3 is 0 Å². The highest BCUT2D eigenvalue weighted by Crippen LogP contribution is 2.25. The Bertz CT molecular complexity index is 595. The van der Waals surface area contributed by atoms with E-state index in [1.165, 1.54) is 0 Å². The van der Waals surface area contributed by atoms with Crippen LogP contribution >= 0.6 is 0 Å². The Morgan fingerprint density at radius 2 is 2.17 bits per heavy atom. The van der Waals surface area contributed by atoms with Crippen LogP contribution in [0.5, 0.6) is 0 Å². The van der Waals surface area contributed by atoms with Gasteiger partial charge < -0.3 is 21.8 Å². The van der Waals surface area contributed by atoms with E-state index in [2.05, 4.69) is 33.8 Å². The number of guanidine groups is 1. The van der Waals surface area contributed by atoms with Crippen LogP contribution in [-0.2, 0) is 0 Å². The molecule has 1 atom stereocenters. The van der Waals surface area contributed by atoms with Crippen LogP contribution in [0, 0.1) is 0 Å². The minimum atomic E-state index is -0.0903. The van der Waals surface area contributed by atoms with Gasteiger partial charge in [0.05, 0.1) is 6.33 Å². The van der Waals surface area contributed by atoms with E-state index in [0.29, 0.717) is 17.0 Å². The number of aromatic nitrogens is 4. The zero-order valence-electron chi connectivity index (χ0n) is 10.3. The number of hydrogen-bond acceptors (Lipinski definition) is 5. The lowest BCUT2D eigenvalue weighted by atomic mass is 10.2. The summed E-state index contributed by atoms with van der Waals surface area (Å²) in [6.07, 6.45) is 2.64. The Balaban J connectivity index is 2.69. The quantitative estimate of drug-likeness (QED) is 0.527. The van der Waals surface area contributed by atoms with E-state index in [1.54, 1.807) is 6.33 Å². The number of nitrogen functional groups attached to an aromatic ring is 1. The van der Waals surface area contributed by atoms with Gasteiger partial charge in [0.25, 0.3) is 0 Å². The number of hydrogen-bond donors (Lipinski definition) is 3. The van der Waals surface area contributed by atoms with Crippen LogP contribution in [0.15, 0.2) is 11.3 Å². The zero-order chi connectivity index (χ0) is 13.3. The summed E-state index contributed by atoms with van der Waals surface area (Å²) in [6.45, 7) is 4.15. The van der Waals surface area contributed by atoms with Crippen molar-refractivity contribution in [3.63, 3.8) is 0 Å². The van der Waals surface area contributed by atoms with Gasteiger partial charge in [-0.3, -0.25) is 0 Å². The molecule has 1 unspecified atom stereocenters. The summed E-state index contributed by atoms with van der Waals surface area (Å²) >= 11 is 0. The van der Waals surface area contributed by atoms with Crippen LogP contribution < -0.4 is 17.2 Å². The standard InChI is InChI=1S/C10H16N8/c1-3-5(2)18-4-14-6-7(15-9(11)12)16-10(13)17-8(6)18/h4-5H,3H2,1-2H3,(H6,11,12,13,15,16,17). The predicted octanol–water partition coefficient (Wildman–Crippen LogP) is 0.284. The summed E-state index contributed by atoms with van der Waals surface area (Å²) in [5, 5.41) is 0. The Kier molecular flexibility index (Phi) is 3.00. The lowest BCUT2D eigenvalue weighted by Crippen LogP contribution is -2.22. The molecule has 96 valence electrons. The van der Waals surface area contributed by atoms with Crippen molar-refractivity contribution in [1.29, 1.82) is 0 Å². The number of nitrogens with two attached hydrogens (primary N) is 3. The number of nitrogens with zero attached hydrogens (tertiary/aromatic N) is 5. The third-order valence-corrected chi connectivity index (χ3v) is 2.72. The van der Waals surface area contributed by atoms with Crippen LogP contribution in [0.2, 0.25) is 0 Å². The molecule has 0 spiro atoms. The van der Waals surface area contributed by atoms with Crippen LogP contribution in [0.4, 0.5) is 11.8 Å². The maximum Gasteiger partial charge on any atom is 0.224 e. The molecular weight excluding hydrogens is 232 g/mol. The van der Waals surface area contributed by atoms with E-state index in [0.717, 1.165) is 6.42 Å². The average Bonchev–Trinajstić information content (AvgIpc) is 2.70. The van der Waals surface area contributed by atoms with Gasteiger partial charge in [-0.1, -0.05) is 6.92 Å². The summed E-state index contributed by atoms with van der Waals surface area (Å²) < 4.78 is 1.93. The minimum absolute atomic E-state index is 0.0903. The van der Waals surface area contributed by atoms with Gasteiger partial charge in [0, 0.05) is 6.04 Å². The van der Waals surface area contributed by atoms with Crippen molar-refractivity contribution < 1.29 is 0 Å². The molecule has 18 heavy (non-hydrogen) atoms. The van der Waals surface area contributed by atoms with Gasteiger partial charge in [0.15, 0.2) is 22.9 Å². The molecule has 2 aromatic rings. The van der Waals surface area contributed by atoms with Gasteiger partial charge in [-0.25, -0.2) is 4.98 Å². The molecule has 8 nitrogen and oxygen atoms in total. The summed E-state index contributed by atoms with van der Waals surface area (Å²) in [5.74, 6) is 0.319. The minimum Gasteiger partial charge on any atom is -0.370 e. The van der Waals surface area contributed by atoms with Crippen molar-refractivity contribution in [1.82, 2.24) is 19.5 Å². The third-order valence-electron chi connectivity index (χ3n) is 2.72. The lowest BCUT2D eigenvalue weighted by molar-refractivity contribution is 0.541. The van der Waals surface area contributed by atoms with Crippen LogP contribution in [0.1, 0.15) is 26.3 Å². The van der Waals surface area contributed by atoms with Crippen molar-refractivity contribution >= 4 is 28.9 Å². The van der Waals surface area contributed by atoms with Crippen LogP contribution in [0.3, 0.4) is 0 Å². The average molecular weight is 248 g/mol. The Morgan fingerprint density at radius 1 is 1.44 bits per heavy atom. The fourth-order valence-corrected chi connectivity index (χ4v) is 1.64. The van der Waals surface area contributed by atoms with E-state index in [1.807, 2.05) is 4.57 Å². The summed E-state index contributed by atoms with van der Waals surface area (Å²) in [4.78, 5) is 16.3. The fraction of sp³-hybridized carbons (Fsp3) is 0.400. The van der Waals surface area contributed by atoms with Crippen molar-refractivity contribution in [3.05, 3.63) is 6.33 Å². The lowest BCUT2D eigenvalue weighted by Gasteiger charge is -2.10. The van der Waals surface area contributed by atoms with Crippen molar-refractivity contribution in [2.24, 2.45) is 16.5 Å². The molecule has 0 aromatic carbocycles. The first-order valence-corrected chi connectivity index (χ1v) is 5.62. The molecular formula is C10H16N8. The normalized spacial score (nSPS) is 12.6. The van der Waals surface area contributed by atoms with E-state index in [9.17, 15) is 0 Å². The summed E-state index contributed by atoms with van der Waals surface area (Å²) in [7, 11) is 0. The molecule has 2 aromatic heterocycles. The maximum atomic E-state index is 5.66. The Hall–Kier alpha value is -2.38. The predicted molar refractivity (Wildman–Crippen MR) is 70.2 cm³/mol. The number of rotatable bonds is 3. The van der Waals surface area contributed by atoms with Crippen molar-refractivity contribution in [2.45, 2.75) is 26.3 Å². The molecule has 0 aliphatic carbocycles. The van der Waals surface area contributed by atoms with E-state index >= 15 is 0 Å². The molecule has 0 fully saturated rings. The molecule has 0 bridgehead atoms. The van der Waals surface area contributed by atoms with Gasteiger partial charge in [-0.05, 0) is 13.3 Å². The number of aliphatic imine (C=N–C) groups is 1. The summed E-state index contributed by atoms with van der Waals surface area (Å²) in [5.41, 5.74) is 17.5. The Labute approximate surface area is 104 Å². The SMILES string of the molecule is CCC(C)n1cnc2c(N=C(N)N)nc(N)nc21. The van der Waals surface area contributed by atoms with Crippen LogP contribution in [0.25, 0.3) is 11.2 Å². The molecule has 8 heteroatoms. The first-order valence-electron chi connectivity index (χ1n) is 5.62. The van der Waals surface area contributed by atoms with E-state index in [4.69, 9.17) is 17.2 Å². The van der Waals surface area contributed by atoms with Gasteiger partial charge in [-0.15, -0.1) is 0 Å². The second-order valence-electron chi connectivity index (χ2n) is 4.02. The summed E-state index contributed by atoms with van der Waals surface area (Å²) in [6, 6.07) is 0.261. The van der Waals surface area contributed by atoms with Gasteiger partial charge in [0.2, 0.25) is 5.95 Å². The van der Waals surface area contributed by atoms with Gasteiger partial charge in [-0.2, -0.15) is 15.0 Å². The highest BCUT2D eigenvalue weighted by Gasteiger charge is 2.14. The first kappa shape index (κ1) is 12.1. The van der Waals surface area contributed by atoms with Crippen molar-refractivity contribution in [2.75, 3.05) is 5.73 Å². The van der Waals surface area contributed by atoms with Crippen molar-refractivity contribution in [3.8, 4) is 0 Å². The largest absolute Gasteiger partial charge is 0.370 e. The monoisotopic (exact) mass is 248 g/mol. The maximum absolute atomic E-state index is 5.66. The first-order chi connectivity index (χ1) is 8.52. The van der Waals surface area contributed by atoms with E-state index in [-0.39, 0.29) is 17.9 Å². The van der Waals surface area contributed by atoms with E-state index < -0.39 is 0 Å². The molecule has 0 saturated heterocycles. The molecule has 0 amide bonds. The second kappa shape index (κ2) is 4.47. The smallest absolute Gasteiger partial charge is 0.224 e. The number of anilines is 1. The number of imidazole rings is 1. The topological polar surface area (TPSA) is 134 Å². The molecule has 0 aliphatic rings. The highest BCUT2D eigenvalue weighted by molar-refractivity contribution is 5.87. The third kappa shape index (κ3) is 2.04. The molecule has 0 radical (unpaired) electrons. The second-order valence-corrected chi connectivity index (χ2v) is 4.02. The van der Waals surface area contributed by atoms with Crippen LogP contribution in [-0.4, -0.2) is 25.5 Å². The van der Waals surface area contributed by atoms with Gasteiger partial charge in [0.1, 0.15) is 0 Å². The highest BCUT2D eigenvalue weighted by atomic mass is 15.2. The number of fused-ring (bicyclic) bond motifs is 1. The molecule has 2 heterocycles. The molecule has 2 rings (SSSR count). The fourth-order valence-electron chi connectivity index (χ4n) is 1.64. The molecule has 0 saturated carbocycles. The Morgan fingerprint density at radius 3 is 2.78 bits per heavy atom. The molecule has 0 aliphatic heterocycles. The molecule has 6 N–H and O–H groups in total. The zero-order valence-corrected chi connectivity index (χ0v) is 10.3.